The number of urea groups is 1. The predicted octanol–water partition coefficient (Wildman–Crippen LogP) is -0.501. The maximum absolute atomic E-state index is 11.2. The summed E-state index contributed by atoms with van der Waals surface area (Å²) in [6.07, 6.45) is 2.01. The van der Waals surface area contributed by atoms with Crippen LogP contribution in [0.15, 0.2) is 0 Å². The van der Waals surface area contributed by atoms with Crippen molar-refractivity contribution >= 4 is 12.0 Å². The molecule has 0 aromatic carbocycles. The Kier molecular flexibility index (Phi) is 3.90. The van der Waals surface area contributed by atoms with Crippen molar-refractivity contribution in [3.63, 3.8) is 0 Å². The number of nitrogens with two attached hydrogens (primary N) is 1. The average molecular weight is 215 g/mol. The summed E-state index contributed by atoms with van der Waals surface area (Å²) in [6, 6.07) is -0.323. The Morgan fingerprint density at radius 3 is 2.47 bits per heavy atom. The Morgan fingerprint density at radius 1 is 1.33 bits per heavy atom. The van der Waals surface area contributed by atoms with Crippen LogP contribution in [0.5, 0.6) is 0 Å². The van der Waals surface area contributed by atoms with Gasteiger partial charge in [0.25, 0.3) is 0 Å². The zero-order valence-corrected chi connectivity index (χ0v) is 8.58. The third kappa shape index (κ3) is 3.39. The molecule has 6 heteroatoms. The monoisotopic (exact) mass is 215 g/mol. The van der Waals surface area contributed by atoms with Gasteiger partial charge in [-0.2, -0.15) is 0 Å². The molecular formula is C9H17N3O3. The molecule has 86 valence electrons. The minimum Gasteiger partial charge on any atom is -0.481 e. The molecular weight excluding hydrogens is 198 g/mol. The number of carbonyl (C=O) groups is 2. The maximum Gasteiger partial charge on any atom is 0.314 e. The van der Waals surface area contributed by atoms with Crippen molar-refractivity contribution in [1.82, 2.24) is 10.6 Å². The van der Waals surface area contributed by atoms with Crippen LogP contribution < -0.4 is 16.4 Å². The van der Waals surface area contributed by atoms with Gasteiger partial charge in [0.2, 0.25) is 0 Å². The molecule has 0 radical (unpaired) electrons. The van der Waals surface area contributed by atoms with E-state index in [0.29, 0.717) is 25.9 Å². The molecule has 0 spiro atoms. The van der Waals surface area contributed by atoms with Crippen LogP contribution in [0.1, 0.15) is 19.3 Å². The van der Waals surface area contributed by atoms with Crippen molar-refractivity contribution in [3.8, 4) is 0 Å². The number of carboxylic acid groups (broad SMARTS) is 1. The Labute approximate surface area is 88.2 Å². The van der Waals surface area contributed by atoms with E-state index in [2.05, 4.69) is 10.6 Å². The third-order valence-electron chi connectivity index (χ3n) is 2.56. The van der Waals surface area contributed by atoms with Crippen molar-refractivity contribution < 1.29 is 14.7 Å². The number of hydrogen-bond donors (Lipinski definition) is 4. The molecule has 5 N–H and O–H groups in total. The molecule has 0 saturated heterocycles. The second kappa shape index (κ2) is 4.97. The molecule has 0 aromatic rings. The molecule has 0 bridgehead atoms. The first-order chi connectivity index (χ1) is 7.10. The largest absolute Gasteiger partial charge is 0.481 e. The highest BCUT2D eigenvalue weighted by molar-refractivity contribution is 5.80. The van der Waals surface area contributed by atoms with Crippen LogP contribution in [-0.4, -0.2) is 36.7 Å². The van der Waals surface area contributed by atoms with Crippen molar-refractivity contribution in [1.29, 1.82) is 0 Å². The summed E-state index contributed by atoms with van der Waals surface area (Å²) >= 11 is 0. The third-order valence-corrected chi connectivity index (χ3v) is 2.56. The van der Waals surface area contributed by atoms with Gasteiger partial charge in [0.05, 0.1) is 5.41 Å². The van der Waals surface area contributed by atoms with E-state index in [1.807, 2.05) is 0 Å². The Bertz CT molecular complexity index is 251. The molecule has 1 aliphatic rings. The summed E-state index contributed by atoms with van der Waals surface area (Å²) in [5.74, 6) is -0.829. The molecule has 0 aliphatic heterocycles. The zero-order valence-electron chi connectivity index (χ0n) is 8.58. The van der Waals surface area contributed by atoms with Crippen LogP contribution in [0.2, 0.25) is 0 Å². The molecule has 2 amide bonds. The van der Waals surface area contributed by atoms with Gasteiger partial charge in [0.15, 0.2) is 0 Å². The predicted molar refractivity (Wildman–Crippen MR) is 54.4 cm³/mol. The van der Waals surface area contributed by atoms with E-state index < -0.39 is 11.4 Å². The molecule has 1 rings (SSSR count). The van der Waals surface area contributed by atoms with E-state index in [4.69, 9.17) is 10.8 Å². The summed E-state index contributed by atoms with van der Waals surface area (Å²) in [5.41, 5.74) is 4.56. The normalized spacial score (nSPS) is 16.9. The van der Waals surface area contributed by atoms with E-state index in [-0.39, 0.29) is 12.6 Å². The van der Waals surface area contributed by atoms with Gasteiger partial charge in [-0.1, -0.05) is 0 Å². The first-order valence-electron chi connectivity index (χ1n) is 5.06. The van der Waals surface area contributed by atoms with Gasteiger partial charge in [-0.3, -0.25) is 4.79 Å². The maximum atomic E-state index is 11.2. The van der Waals surface area contributed by atoms with Crippen LogP contribution in [-0.2, 0) is 4.79 Å². The highest BCUT2D eigenvalue weighted by atomic mass is 16.4. The van der Waals surface area contributed by atoms with E-state index in [9.17, 15) is 9.59 Å². The fourth-order valence-corrected chi connectivity index (χ4v) is 1.23. The standard InChI is InChI=1S/C9H17N3O3/c10-4-1-5-11-8(15)12-6-9(2-3-9)7(13)14/h1-6,10H2,(H,13,14)(H2,11,12,15). The molecule has 0 atom stereocenters. The zero-order chi connectivity index (χ0) is 11.3. The van der Waals surface area contributed by atoms with Crippen LogP contribution in [0.25, 0.3) is 0 Å². The second-order valence-corrected chi connectivity index (χ2v) is 3.84. The lowest BCUT2D eigenvalue weighted by Gasteiger charge is -2.11. The molecule has 1 saturated carbocycles. The number of carboxylic acids is 1. The number of amides is 2. The SMILES string of the molecule is NCCCNC(=O)NCC1(C(=O)O)CC1. The van der Waals surface area contributed by atoms with Crippen molar-refractivity contribution in [2.24, 2.45) is 11.1 Å². The van der Waals surface area contributed by atoms with Crippen molar-refractivity contribution in [2.75, 3.05) is 19.6 Å². The molecule has 1 aliphatic carbocycles. The number of nitrogens with one attached hydrogen (secondary N) is 2. The first-order valence-corrected chi connectivity index (χ1v) is 5.06. The van der Waals surface area contributed by atoms with Gasteiger partial charge in [0, 0.05) is 13.1 Å². The number of rotatable bonds is 6. The van der Waals surface area contributed by atoms with Crippen molar-refractivity contribution in [3.05, 3.63) is 0 Å². The smallest absolute Gasteiger partial charge is 0.314 e. The summed E-state index contributed by atoms with van der Waals surface area (Å²) in [4.78, 5) is 21.9. The van der Waals surface area contributed by atoms with Gasteiger partial charge in [-0.05, 0) is 25.8 Å². The van der Waals surface area contributed by atoms with E-state index >= 15 is 0 Å². The van der Waals surface area contributed by atoms with Crippen LogP contribution in [0.4, 0.5) is 4.79 Å². The van der Waals surface area contributed by atoms with Gasteiger partial charge in [-0.15, -0.1) is 0 Å². The van der Waals surface area contributed by atoms with Gasteiger partial charge in [0.1, 0.15) is 0 Å². The topological polar surface area (TPSA) is 104 Å². The lowest BCUT2D eigenvalue weighted by molar-refractivity contribution is -0.143. The highest BCUT2D eigenvalue weighted by Crippen LogP contribution is 2.45. The van der Waals surface area contributed by atoms with Crippen molar-refractivity contribution in [2.45, 2.75) is 19.3 Å². The van der Waals surface area contributed by atoms with Gasteiger partial charge >= 0.3 is 12.0 Å². The van der Waals surface area contributed by atoms with Crippen LogP contribution in [0, 0.1) is 5.41 Å². The molecule has 0 heterocycles. The minimum absolute atomic E-state index is 0.205. The van der Waals surface area contributed by atoms with Gasteiger partial charge < -0.3 is 21.5 Å². The highest BCUT2D eigenvalue weighted by Gasteiger charge is 2.50. The van der Waals surface area contributed by atoms with E-state index in [1.54, 1.807) is 0 Å². The summed E-state index contributed by atoms with van der Waals surface area (Å²) in [5, 5.41) is 14.0. The Morgan fingerprint density at radius 2 is 2.00 bits per heavy atom. The lowest BCUT2D eigenvalue weighted by Crippen LogP contribution is -2.41. The van der Waals surface area contributed by atoms with E-state index in [0.717, 1.165) is 6.42 Å². The molecule has 0 unspecified atom stereocenters. The number of carbonyl (C=O) groups excluding carboxylic acids is 1. The lowest BCUT2D eigenvalue weighted by atomic mass is 10.1. The molecule has 0 aromatic heterocycles. The minimum atomic E-state index is -0.829. The Hall–Kier alpha value is -1.30. The summed E-state index contributed by atoms with van der Waals surface area (Å²) in [6.45, 7) is 1.25. The first kappa shape index (κ1) is 11.8. The van der Waals surface area contributed by atoms with Crippen LogP contribution in [0.3, 0.4) is 0 Å². The fourth-order valence-electron chi connectivity index (χ4n) is 1.23. The summed E-state index contributed by atoms with van der Waals surface area (Å²) < 4.78 is 0. The number of hydrogen-bond acceptors (Lipinski definition) is 3. The second-order valence-electron chi connectivity index (χ2n) is 3.84. The van der Waals surface area contributed by atoms with E-state index in [1.165, 1.54) is 0 Å². The van der Waals surface area contributed by atoms with Gasteiger partial charge in [-0.25, -0.2) is 4.79 Å². The molecule has 1 fully saturated rings. The van der Waals surface area contributed by atoms with Crippen LogP contribution >= 0.6 is 0 Å². The fraction of sp³-hybridized carbons (Fsp3) is 0.778. The number of aliphatic carboxylic acids is 1. The molecule has 6 nitrogen and oxygen atoms in total. The Balaban J connectivity index is 2.14. The quantitative estimate of drug-likeness (QED) is 0.448. The summed E-state index contributed by atoms with van der Waals surface area (Å²) in [7, 11) is 0. The average Bonchev–Trinajstić information content (AvgIpc) is 2.96. The molecule has 15 heavy (non-hydrogen) atoms.